The number of ether oxygens (including phenoxy) is 1. The Hall–Kier alpha value is -1.26. The van der Waals surface area contributed by atoms with Gasteiger partial charge in [-0.1, -0.05) is 12.1 Å². The van der Waals surface area contributed by atoms with Crippen molar-refractivity contribution in [2.24, 2.45) is 4.99 Å². The number of hydrogen-bond acceptors (Lipinski definition) is 4. The average molecular weight is 492 g/mol. The second kappa shape index (κ2) is 10.8. The molecular formula is C18H26FIN4OS. The Balaban J connectivity index is 0.00000338. The molecule has 1 aromatic carbocycles. The van der Waals surface area contributed by atoms with Crippen molar-refractivity contribution in [1.29, 1.82) is 0 Å². The van der Waals surface area contributed by atoms with Gasteiger partial charge < -0.3 is 15.0 Å². The van der Waals surface area contributed by atoms with Gasteiger partial charge in [-0.3, -0.25) is 4.99 Å². The molecule has 0 spiro atoms. The lowest BCUT2D eigenvalue weighted by Gasteiger charge is -2.21. The predicted octanol–water partition coefficient (Wildman–Crippen LogP) is 4.12. The topological polar surface area (TPSA) is 49.8 Å². The second-order valence-electron chi connectivity index (χ2n) is 5.90. The molecule has 0 radical (unpaired) electrons. The van der Waals surface area contributed by atoms with Gasteiger partial charge in [0.25, 0.3) is 0 Å². The SMILES string of the molecule is CN=C(NCc1ccc(C)c(F)c1)N(C)Cc1csc(C(C)OC)n1.I. The van der Waals surface area contributed by atoms with Gasteiger partial charge >= 0.3 is 0 Å². The minimum Gasteiger partial charge on any atom is -0.375 e. The minimum atomic E-state index is -0.190. The summed E-state index contributed by atoms with van der Waals surface area (Å²) in [5.74, 6) is 0.542. The fraction of sp³-hybridized carbons (Fsp3) is 0.444. The summed E-state index contributed by atoms with van der Waals surface area (Å²) in [4.78, 5) is 10.9. The van der Waals surface area contributed by atoms with Crippen molar-refractivity contribution >= 4 is 41.3 Å². The molecule has 0 saturated carbocycles. The number of benzene rings is 1. The van der Waals surface area contributed by atoms with Crippen molar-refractivity contribution in [3.63, 3.8) is 0 Å². The number of nitrogens with zero attached hydrogens (tertiary/aromatic N) is 3. The van der Waals surface area contributed by atoms with E-state index >= 15 is 0 Å². The third kappa shape index (κ3) is 6.17. The second-order valence-corrected chi connectivity index (χ2v) is 6.79. The first-order chi connectivity index (χ1) is 11.9. The maximum absolute atomic E-state index is 13.6. The summed E-state index contributed by atoms with van der Waals surface area (Å²) in [6, 6.07) is 5.25. The molecule has 1 unspecified atom stereocenters. The molecule has 1 N–H and O–H groups in total. The summed E-state index contributed by atoms with van der Waals surface area (Å²) < 4.78 is 18.9. The zero-order valence-corrected chi connectivity index (χ0v) is 18.9. The lowest BCUT2D eigenvalue weighted by Crippen LogP contribution is -2.38. The van der Waals surface area contributed by atoms with E-state index in [4.69, 9.17) is 4.74 Å². The average Bonchev–Trinajstić information content (AvgIpc) is 3.06. The summed E-state index contributed by atoms with van der Waals surface area (Å²) >= 11 is 1.59. The molecule has 144 valence electrons. The van der Waals surface area contributed by atoms with Crippen LogP contribution < -0.4 is 5.32 Å². The lowest BCUT2D eigenvalue weighted by atomic mass is 10.1. The van der Waals surface area contributed by atoms with E-state index in [1.165, 1.54) is 0 Å². The van der Waals surface area contributed by atoms with Crippen LogP contribution in [0.15, 0.2) is 28.6 Å². The highest BCUT2D eigenvalue weighted by molar-refractivity contribution is 14.0. The summed E-state index contributed by atoms with van der Waals surface area (Å²) in [7, 11) is 5.36. The van der Waals surface area contributed by atoms with E-state index in [2.05, 4.69) is 15.3 Å². The highest BCUT2D eigenvalue weighted by Gasteiger charge is 2.12. The highest BCUT2D eigenvalue weighted by atomic mass is 127. The molecule has 1 heterocycles. The molecule has 8 heteroatoms. The van der Waals surface area contributed by atoms with Crippen molar-refractivity contribution < 1.29 is 9.13 Å². The molecule has 0 fully saturated rings. The van der Waals surface area contributed by atoms with Crippen LogP contribution in [0, 0.1) is 12.7 Å². The molecule has 2 aromatic rings. The van der Waals surface area contributed by atoms with Crippen LogP contribution in [-0.2, 0) is 17.8 Å². The highest BCUT2D eigenvalue weighted by Crippen LogP contribution is 2.21. The van der Waals surface area contributed by atoms with E-state index in [9.17, 15) is 4.39 Å². The Labute approximate surface area is 175 Å². The fourth-order valence-corrected chi connectivity index (χ4v) is 3.15. The number of guanidine groups is 1. The number of rotatable bonds is 6. The number of methoxy groups -OCH3 is 1. The normalized spacial score (nSPS) is 12.5. The van der Waals surface area contributed by atoms with Crippen LogP contribution in [0.1, 0.15) is 34.9 Å². The Morgan fingerprint density at radius 1 is 1.46 bits per heavy atom. The van der Waals surface area contributed by atoms with E-state index in [1.807, 2.05) is 30.3 Å². The number of hydrogen-bond donors (Lipinski definition) is 1. The van der Waals surface area contributed by atoms with Gasteiger partial charge in [0.2, 0.25) is 0 Å². The number of aromatic nitrogens is 1. The predicted molar refractivity (Wildman–Crippen MR) is 116 cm³/mol. The summed E-state index contributed by atoms with van der Waals surface area (Å²) in [5.41, 5.74) is 2.49. The molecule has 0 bridgehead atoms. The molecule has 1 atom stereocenters. The summed E-state index contributed by atoms with van der Waals surface area (Å²) in [5, 5.41) is 6.25. The van der Waals surface area contributed by atoms with Gasteiger partial charge in [0.1, 0.15) is 16.9 Å². The molecule has 0 amide bonds. The number of nitrogens with one attached hydrogen (secondary N) is 1. The zero-order chi connectivity index (χ0) is 18.4. The molecule has 0 saturated heterocycles. The Bertz CT molecular complexity index is 738. The molecule has 5 nitrogen and oxygen atoms in total. The van der Waals surface area contributed by atoms with Gasteiger partial charge in [0.15, 0.2) is 5.96 Å². The van der Waals surface area contributed by atoms with Gasteiger partial charge in [-0.05, 0) is 31.0 Å². The minimum absolute atomic E-state index is 0. The van der Waals surface area contributed by atoms with Crippen molar-refractivity contribution in [1.82, 2.24) is 15.2 Å². The van der Waals surface area contributed by atoms with E-state index in [-0.39, 0.29) is 35.9 Å². The molecular weight excluding hydrogens is 466 g/mol. The van der Waals surface area contributed by atoms with Crippen LogP contribution in [0.2, 0.25) is 0 Å². The van der Waals surface area contributed by atoms with Crippen molar-refractivity contribution in [2.75, 3.05) is 21.2 Å². The van der Waals surface area contributed by atoms with Crippen molar-refractivity contribution in [3.05, 3.63) is 51.2 Å². The zero-order valence-electron chi connectivity index (χ0n) is 15.7. The summed E-state index contributed by atoms with van der Waals surface area (Å²) in [6.45, 7) is 4.88. The van der Waals surface area contributed by atoms with Crippen LogP contribution >= 0.6 is 35.3 Å². The van der Waals surface area contributed by atoms with Gasteiger partial charge in [-0.2, -0.15) is 0 Å². The maximum Gasteiger partial charge on any atom is 0.194 e. The van der Waals surface area contributed by atoms with Crippen LogP contribution in [0.4, 0.5) is 4.39 Å². The smallest absolute Gasteiger partial charge is 0.194 e. The van der Waals surface area contributed by atoms with Crippen molar-refractivity contribution in [3.8, 4) is 0 Å². The van der Waals surface area contributed by atoms with E-state index < -0.39 is 0 Å². The molecule has 1 aromatic heterocycles. The fourth-order valence-electron chi connectivity index (χ4n) is 2.31. The maximum atomic E-state index is 13.6. The van der Waals surface area contributed by atoms with Gasteiger partial charge in [-0.15, -0.1) is 35.3 Å². The van der Waals surface area contributed by atoms with Crippen molar-refractivity contribution in [2.45, 2.75) is 33.0 Å². The first-order valence-electron chi connectivity index (χ1n) is 8.08. The largest absolute Gasteiger partial charge is 0.375 e. The number of aliphatic imine (C=N–C) groups is 1. The van der Waals surface area contributed by atoms with Crippen LogP contribution in [0.3, 0.4) is 0 Å². The lowest BCUT2D eigenvalue weighted by molar-refractivity contribution is 0.119. The van der Waals surface area contributed by atoms with Crippen LogP contribution in [0.25, 0.3) is 0 Å². The summed E-state index contributed by atoms with van der Waals surface area (Å²) in [6.07, 6.45) is -0.00192. The monoisotopic (exact) mass is 492 g/mol. The number of thiazole rings is 1. The third-order valence-corrected chi connectivity index (χ3v) is 4.98. The molecule has 0 aliphatic heterocycles. The van der Waals surface area contributed by atoms with E-state index in [1.54, 1.807) is 44.6 Å². The van der Waals surface area contributed by atoms with Crippen LogP contribution in [-0.4, -0.2) is 37.0 Å². The van der Waals surface area contributed by atoms with Crippen LogP contribution in [0.5, 0.6) is 0 Å². The quantitative estimate of drug-likeness (QED) is 0.375. The molecule has 26 heavy (non-hydrogen) atoms. The van der Waals surface area contributed by atoms with Gasteiger partial charge in [0, 0.05) is 33.1 Å². The molecule has 2 rings (SSSR count). The number of aryl methyl sites for hydroxylation is 1. The van der Waals surface area contributed by atoms with E-state index in [0.717, 1.165) is 22.2 Å². The first-order valence-corrected chi connectivity index (χ1v) is 8.96. The van der Waals surface area contributed by atoms with Gasteiger partial charge in [0.05, 0.1) is 12.2 Å². The first kappa shape index (κ1) is 22.8. The number of halogens is 2. The van der Waals surface area contributed by atoms with E-state index in [0.29, 0.717) is 18.7 Å². The Kier molecular flexibility index (Phi) is 9.45. The Morgan fingerprint density at radius 2 is 2.19 bits per heavy atom. The standard InChI is InChI=1S/C18H25FN4OS.HI/c1-12-6-7-14(8-16(12)19)9-21-18(20-3)23(4)10-15-11-25-17(22-15)13(2)24-5;/h6-8,11,13H,9-10H2,1-5H3,(H,20,21);1H. The van der Waals surface area contributed by atoms with Gasteiger partial charge in [-0.25, -0.2) is 9.37 Å². The third-order valence-electron chi connectivity index (χ3n) is 3.93. The Morgan fingerprint density at radius 3 is 2.81 bits per heavy atom. The molecule has 0 aliphatic rings. The molecule has 0 aliphatic carbocycles.